The van der Waals surface area contributed by atoms with E-state index in [-0.39, 0.29) is 18.0 Å². The van der Waals surface area contributed by atoms with Gasteiger partial charge in [-0.2, -0.15) is 0 Å². The summed E-state index contributed by atoms with van der Waals surface area (Å²) < 4.78 is 24.2. The molecule has 0 saturated carbocycles. The van der Waals surface area contributed by atoms with Gasteiger partial charge in [0.05, 0.1) is 23.2 Å². The highest BCUT2D eigenvalue weighted by Gasteiger charge is 2.15. The van der Waals surface area contributed by atoms with Gasteiger partial charge < -0.3 is 19.6 Å². The van der Waals surface area contributed by atoms with Crippen LogP contribution in [0.1, 0.15) is 39.6 Å². The lowest BCUT2D eigenvalue weighted by Crippen LogP contribution is -2.15. The van der Waals surface area contributed by atoms with Gasteiger partial charge in [0.15, 0.2) is 0 Å². The summed E-state index contributed by atoms with van der Waals surface area (Å²) in [6.07, 6.45) is 2.09. The number of carbonyl (C=O) groups excluding carboxylic acids is 2. The van der Waals surface area contributed by atoms with E-state index in [2.05, 4.69) is 15.8 Å². The molecule has 2 aromatic heterocycles. The largest absolute Gasteiger partial charge is 0.469 e. The molecule has 1 aromatic carbocycles. The molecule has 0 atom stereocenters. The molecule has 0 radical (unpaired) electrons. The van der Waals surface area contributed by atoms with E-state index in [0.29, 0.717) is 29.2 Å². The van der Waals surface area contributed by atoms with Gasteiger partial charge in [0, 0.05) is 17.7 Å². The van der Waals surface area contributed by atoms with Gasteiger partial charge in [-0.15, -0.1) is 0 Å². The molecule has 7 nitrogen and oxygen atoms in total. The third-order valence-corrected chi connectivity index (χ3v) is 4.39. The summed E-state index contributed by atoms with van der Waals surface area (Å²) in [5.74, 6) is -0.224. The Hall–Kier alpha value is -3.42. The van der Waals surface area contributed by atoms with Crippen LogP contribution in [0.25, 0.3) is 0 Å². The van der Waals surface area contributed by atoms with E-state index in [9.17, 15) is 14.0 Å². The summed E-state index contributed by atoms with van der Waals surface area (Å²) in [7, 11) is 0. The minimum absolute atomic E-state index is 0.0332. The quantitative estimate of drug-likeness (QED) is 0.664. The monoisotopic (exact) mass is 385 g/mol. The number of amides is 2. The summed E-state index contributed by atoms with van der Waals surface area (Å²) in [4.78, 5) is 24.5. The number of benzene rings is 1. The van der Waals surface area contributed by atoms with Crippen LogP contribution in [0, 0.1) is 26.6 Å². The van der Waals surface area contributed by atoms with E-state index >= 15 is 0 Å². The zero-order valence-electron chi connectivity index (χ0n) is 15.8. The fraction of sp³-hybridized carbons (Fsp3) is 0.250. The van der Waals surface area contributed by atoms with Gasteiger partial charge in [-0.25, -0.2) is 4.39 Å². The Morgan fingerprint density at radius 2 is 1.89 bits per heavy atom. The Bertz CT molecular complexity index is 1000. The molecule has 3 aromatic rings. The third-order valence-electron chi connectivity index (χ3n) is 4.39. The molecule has 0 bridgehead atoms. The van der Waals surface area contributed by atoms with E-state index < -0.39 is 11.7 Å². The second-order valence-electron chi connectivity index (χ2n) is 6.39. The van der Waals surface area contributed by atoms with Crippen molar-refractivity contribution in [2.45, 2.75) is 33.6 Å². The molecular formula is C20H20FN3O4. The fourth-order valence-electron chi connectivity index (χ4n) is 2.83. The summed E-state index contributed by atoms with van der Waals surface area (Å²) in [5.41, 5.74) is 2.32. The maximum Gasteiger partial charge on any atom is 0.259 e. The Kier molecular flexibility index (Phi) is 5.58. The molecular weight excluding hydrogens is 365 g/mol. The van der Waals surface area contributed by atoms with E-state index in [0.717, 1.165) is 11.3 Å². The number of aromatic nitrogens is 1. The molecule has 0 spiro atoms. The standard InChI is InChI=1S/C20H20FN3O4/c1-11-15(13(3)28-24-11)5-7-19(25)22-14-4-6-17(21)18(10-14)23-20(26)16-8-9-27-12(16)2/h4,6,8-10H,5,7H2,1-3H3,(H,22,25)(H,23,26). The first-order valence-corrected chi connectivity index (χ1v) is 8.71. The van der Waals surface area contributed by atoms with Crippen LogP contribution < -0.4 is 10.6 Å². The molecule has 2 amide bonds. The molecule has 0 aliphatic rings. The van der Waals surface area contributed by atoms with E-state index in [4.69, 9.17) is 8.94 Å². The lowest BCUT2D eigenvalue weighted by atomic mass is 10.1. The molecule has 0 unspecified atom stereocenters. The van der Waals surface area contributed by atoms with E-state index in [1.165, 1.54) is 30.5 Å². The van der Waals surface area contributed by atoms with Gasteiger partial charge in [0.25, 0.3) is 5.91 Å². The maximum atomic E-state index is 14.1. The van der Waals surface area contributed by atoms with Crippen molar-refractivity contribution in [3.8, 4) is 0 Å². The van der Waals surface area contributed by atoms with Crippen LogP contribution >= 0.6 is 0 Å². The van der Waals surface area contributed by atoms with Crippen molar-refractivity contribution < 1.29 is 22.9 Å². The van der Waals surface area contributed by atoms with Gasteiger partial charge in [0.1, 0.15) is 17.3 Å². The molecule has 0 saturated heterocycles. The van der Waals surface area contributed by atoms with Crippen molar-refractivity contribution in [1.82, 2.24) is 5.16 Å². The van der Waals surface area contributed by atoms with Crippen LogP contribution in [0.2, 0.25) is 0 Å². The molecule has 0 aliphatic heterocycles. The average Bonchev–Trinajstić information content (AvgIpc) is 3.21. The number of hydrogen-bond acceptors (Lipinski definition) is 5. The van der Waals surface area contributed by atoms with Crippen molar-refractivity contribution in [3.05, 3.63) is 64.7 Å². The Morgan fingerprint density at radius 3 is 2.54 bits per heavy atom. The number of anilines is 2. The number of halogens is 1. The smallest absolute Gasteiger partial charge is 0.259 e. The number of rotatable bonds is 6. The first kappa shape index (κ1) is 19.3. The van der Waals surface area contributed by atoms with Gasteiger partial charge in [-0.05, 0) is 51.5 Å². The molecule has 0 aliphatic carbocycles. The summed E-state index contributed by atoms with van der Waals surface area (Å²) in [6.45, 7) is 5.26. The second kappa shape index (κ2) is 8.08. The van der Waals surface area contributed by atoms with Gasteiger partial charge in [-0.3, -0.25) is 9.59 Å². The molecule has 8 heteroatoms. The Balaban J connectivity index is 1.65. The predicted molar refractivity (Wildman–Crippen MR) is 101 cm³/mol. The minimum atomic E-state index is -0.608. The van der Waals surface area contributed by atoms with Crippen molar-refractivity contribution in [2.75, 3.05) is 10.6 Å². The highest BCUT2D eigenvalue weighted by atomic mass is 19.1. The number of furan rings is 1. The summed E-state index contributed by atoms with van der Waals surface area (Å²) >= 11 is 0. The molecule has 146 valence electrons. The Morgan fingerprint density at radius 1 is 1.11 bits per heavy atom. The van der Waals surface area contributed by atoms with Crippen LogP contribution in [-0.4, -0.2) is 17.0 Å². The maximum absolute atomic E-state index is 14.1. The van der Waals surface area contributed by atoms with Crippen LogP contribution in [0.5, 0.6) is 0 Å². The Labute approximate surface area is 160 Å². The minimum Gasteiger partial charge on any atom is -0.469 e. The molecule has 0 fully saturated rings. The van der Waals surface area contributed by atoms with Crippen LogP contribution in [0.3, 0.4) is 0 Å². The zero-order chi connectivity index (χ0) is 20.3. The van der Waals surface area contributed by atoms with E-state index in [1.807, 2.05) is 6.92 Å². The van der Waals surface area contributed by atoms with Gasteiger partial charge in [0.2, 0.25) is 5.91 Å². The highest BCUT2D eigenvalue weighted by Crippen LogP contribution is 2.22. The van der Waals surface area contributed by atoms with Gasteiger partial charge in [-0.1, -0.05) is 5.16 Å². The molecule has 2 N–H and O–H groups in total. The van der Waals surface area contributed by atoms with Gasteiger partial charge >= 0.3 is 0 Å². The zero-order valence-corrected chi connectivity index (χ0v) is 15.8. The number of hydrogen-bond donors (Lipinski definition) is 2. The normalized spacial score (nSPS) is 10.7. The number of carbonyl (C=O) groups is 2. The van der Waals surface area contributed by atoms with Crippen LogP contribution in [0.4, 0.5) is 15.8 Å². The summed E-state index contributed by atoms with van der Waals surface area (Å²) in [5, 5.41) is 9.05. The highest BCUT2D eigenvalue weighted by molar-refractivity contribution is 6.05. The lowest BCUT2D eigenvalue weighted by Gasteiger charge is -2.10. The molecule has 28 heavy (non-hydrogen) atoms. The van der Waals surface area contributed by atoms with Crippen molar-refractivity contribution in [3.63, 3.8) is 0 Å². The average molecular weight is 385 g/mol. The first-order chi connectivity index (χ1) is 13.3. The SMILES string of the molecule is Cc1noc(C)c1CCC(=O)Nc1ccc(F)c(NC(=O)c2ccoc2C)c1. The fourth-order valence-corrected chi connectivity index (χ4v) is 2.83. The van der Waals surface area contributed by atoms with Crippen LogP contribution in [-0.2, 0) is 11.2 Å². The molecule has 2 heterocycles. The number of nitrogens with zero attached hydrogens (tertiary/aromatic N) is 1. The number of aryl methyl sites for hydroxylation is 3. The van der Waals surface area contributed by atoms with Crippen LogP contribution in [0.15, 0.2) is 39.5 Å². The predicted octanol–water partition coefficient (Wildman–Crippen LogP) is 4.16. The van der Waals surface area contributed by atoms with Crippen molar-refractivity contribution in [1.29, 1.82) is 0 Å². The molecule has 3 rings (SSSR count). The van der Waals surface area contributed by atoms with E-state index in [1.54, 1.807) is 13.8 Å². The van der Waals surface area contributed by atoms with Crippen molar-refractivity contribution in [2.24, 2.45) is 0 Å². The number of nitrogens with one attached hydrogen (secondary N) is 2. The topological polar surface area (TPSA) is 97.4 Å². The van der Waals surface area contributed by atoms with Crippen molar-refractivity contribution >= 4 is 23.2 Å². The second-order valence-corrected chi connectivity index (χ2v) is 6.39. The lowest BCUT2D eigenvalue weighted by molar-refractivity contribution is -0.116. The summed E-state index contributed by atoms with van der Waals surface area (Å²) in [6, 6.07) is 5.49. The first-order valence-electron chi connectivity index (χ1n) is 8.71. The third kappa shape index (κ3) is 4.28.